The lowest BCUT2D eigenvalue weighted by Gasteiger charge is -2.46. The molecule has 0 radical (unpaired) electrons. The van der Waals surface area contributed by atoms with E-state index in [9.17, 15) is 8.78 Å². The van der Waals surface area contributed by atoms with Crippen LogP contribution in [0.25, 0.3) is 0 Å². The molecule has 0 spiro atoms. The maximum Gasteiger partial charge on any atom is 0.250 e. The zero-order valence-electron chi connectivity index (χ0n) is 7.40. The molecule has 0 saturated heterocycles. The van der Waals surface area contributed by atoms with E-state index in [2.05, 4.69) is 0 Å². The summed E-state index contributed by atoms with van der Waals surface area (Å²) in [6, 6.07) is 1.74. The Morgan fingerprint density at radius 3 is 2.50 bits per heavy atom. The van der Waals surface area contributed by atoms with E-state index in [1.54, 1.807) is 11.4 Å². The lowest BCUT2D eigenvalue weighted by atomic mass is 9.65. The fraction of sp³-hybridized carbons (Fsp3) is 0.556. The maximum atomic E-state index is 12.8. The van der Waals surface area contributed by atoms with Crippen LogP contribution < -0.4 is 5.73 Å². The highest BCUT2D eigenvalue weighted by molar-refractivity contribution is 7.10. The van der Waals surface area contributed by atoms with Crippen molar-refractivity contribution in [1.29, 1.82) is 0 Å². The summed E-state index contributed by atoms with van der Waals surface area (Å²) in [5.41, 5.74) is 5.03. The predicted molar refractivity (Wildman–Crippen MR) is 54.2 cm³/mol. The summed E-state index contributed by atoms with van der Waals surface area (Å²) in [5, 5.41) is 2.36. The Labute approximate surface area is 89.9 Å². The van der Waals surface area contributed by atoms with E-state index in [-0.39, 0.29) is 19.4 Å². The van der Waals surface area contributed by atoms with Gasteiger partial charge in [0, 0.05) is 35.1 Å². The Morgan fingerprint density at radius 2 is 2.14 bits per heavy atom. The number of rotatable bonds is 2. The average Bonchev–Trinajstić information content (AvgIpc) is 2.47. The molecule has 1 saturated carbocycles. The van der Waals surface area contributed by atoms with Crippen molar-refractivity contribution in [3.05, 3.63) is 21.3 Å². The molecular formula is C9H10ClF2NS. The average molecular weight is 238 g/mol. The number of halogens is 3. The van der Waals surface area contributed by atoms with Crippen LogP contribution in [0.2, 0.25) is 5.02 Å². The Balaban J connectivity index is 2.24. The molecule has 0 amide bonds. The highest BCUT2D eigenvalue weighted by Crippen LogP contribution is 2.54. The molecule has 2 N–H and O–H groups in total. The van der Waals surface area contributed by atoms with Crippen LogP contribution >= 0.6 is 22.9 Å². The first-order chi connectivity index (χ1) is 6.47. The van der Waals surface area contributed by atoms with Gasteiger partial charge in [-0.05, 0) is 6.07 Å². The first kappa shape index (κ1) is 10.3. The smallest absolute Gasteiger partial charge is 0.250 e. The topological polar surface area (TPSA) is 26.0 Å². The fourth-order valence-electron chi connectivity index (χ4n) is 1.95. The van der Waals surface area contributed by atoms with E-state index in [0.29, 0.717) is 5.02 Å². The second-order valence-electron chi connectivity index (χ2n) is 3.82. The first-order valence-corrected chi connectivity index (χ1v) is 5.56. The molecule has 14 heavy (non-hydrogen) atoms. The van der Waals surface area contributed by atoms with Crippen molar-refractivity contribution in [2.75, 3.05) is 6.54 Å². The lowest BCUT2D eigenvalue weighted by Crippen LogP contribution is -2.53. The van der Waals surface area contributed by atoms with Crippen LogP contribution in [0, 0.1) is 0 Å². The van der Waals surface area contributed by atoms with Crippen LogP contribution in [0.1, 0.15) is 17.7 Å². The minimum absolute atomic E-state index is 0.145. The van der Waals surface area contributed by atoms with Gasteiger partial charge in [0.25, 0.3) is 0 Å². The monoisotopic (exact) mass is 237 g/mol. The summed E-state index contributed by atoms with van der Waals surface area (Å²) in [4.78, 5) is 0.885. The standard InChI is InChI=1S/C9H10ClF2NS/c10-6-1-7(14-2-6)8(5-13)3-9(11,12)4-8/h1-2H,3-5,13H2. The SMILES string of the molecule is NCC1(c2cc(Cl)cs2)CC(F)(F)C1. The number of hydrogen-bond acceptors (Lipinski definition) is 2. The Morgan fingerprint density at radius 1 is 1.50 bits per heavy atom. The molecule has 1 aliphatic rings. The Kier molecular flexibility index (Phi) is 2.33. The van der Waals surface area contributed by atoms with E-state index in [1.807, 2.05) is 0 Å². The summed E-state index contributed by atoms with van der Waals surface area (Å²) in [7, 11) is 0. The van der Waals surface area contributed by atoms with Crippen LogP contribution in [0.4, 0.5) is 8.78 Å². The van der Waals surface area contributed by atoms with E-state index in [0.717, 1.165) is 4.88 Å². The lowest BCUT2D eigenvalue weighted by molar-refractivity contribution is -0.122. The second kappa shape index (κ2) is 3.15. The van der Waals surface area contributed by atoms with E-state index < -0.39 is 11.3 Å². The van der Waals surface area contributed by atoms with E-state index >= 15 is 0 Å². The Bertz CT molecular complexity index is 342. The third-order valence-electron chi connectivity index (χ3n) is 2.67. The van der Waals surface area contributed by atoms with Crippen LogP contribution in [0.15, 0.2) is 11.4 Å². The molecule has 78 valence electrons. The summed E-state index contributed by atoms with van der Waals surface area (Å²) >= 11 is 7.17. The third kappa shape index (κ3) is 1.55. The van der Waals surface area contributed by atoms with Crippen molar-refractivity contribution < 1.29 is 8.78 Å². The quantitative estimate of drug-likeness (QED) is 0.841. The molecule has 0 aromatic carbocycles. The van der Waals surface area contributed by atoms with Crippen LogP contribution in [0.3, 0.4) is 0 Å². The second-order valence-corrected chi connectivity index (χ2v) is 5.17. The number of nitrogens with two attached hydrogens (primary N) is 1. The molecule has 2 rings (SSSR count). The molecule has 1 nitrogen and oxygen atoms in total. The fourth-order valence-corrected chi connectivity index (χ4v) is 3.24. The molecule has 1 aromatic heterocycles. The van der Waals surface area contributed by atoms with E-state index in [1.165, 1.54) is 11.3 Å². The van der Waals surface area contributed by atoms with Gasteiger partial charge in [-0.15, -0.1) is 11.3 Å². The number of hydrogen-bond donors (Lipinski definition) is 1. The molecule has 1 heterocycles. The van der Waals surface area contributed by atoms with Crippen molar-refractivity contribution in [3.8, 4) is 0 Å². The number of thiophene rings is 1. The highest BCUT2D eigenvalue weighted by atomic mass is 35.5. The minimum Gasteiger partial charge on any atom is -0.330 e. The summed E-state index contributed by atoms with van der Waals surface area (Å²) in [6.07, 6.45) is -0.291. The molecule has 0 aliphatic heterocycles. The van der Waals surface area contributed by atoms with Crippen molar-refractivity contribution in [2.24, 2.45) is 5.73 Å². The van der Waals surface area contributed by atoms with Gasteiger partial charge in [0.15, 0.2) is 0 Å². The predicted octanol–water partition coefficient (Wildman–Crippen LogP) is 3.03. The molecular weight excluding hydrogens is 228 g/mol. The minimum atomic E-state index is -2.55. The molecule has 5 heteroatoms. The van der Waals surface area contributed by atoms with Gasteiger partial charge in [0.1, 0.15) is 0 Å². The van der Waals surface area contributed by atoms with Gasteiger partial charge in [-0.25, -0.2) is 8.78 Å². The molecule has 1 fully saturated rings. The maximum absolute atomic E-state index is 12.8. The zero-order valence-corrected chi connectivity index (χ0v) is 8.97. The van der Waals surface area contributed by atoms with Crippen molar-refractivity contribution in [1.82, 2.24) is 0 Å². The van der Waals surface area contributed by atoms with Gasteiger partial charge in [0.2, 0.25) is 5.92 Å². The molecule has 1 aromatic rings. The normalized spacial score (nSPS) is 23.1. The first-order valence-electron chi connectivity index (χ1n) is 4.30. The van der Waals surface area contributed by atoms with Gasteiger partial charge in [-0.1, -0.05) is 11.6 Å². The van der Waals surface area contributed by atoms with Crippen LogP contribution in [-0.4, -0.2) is 12.5 Å². The van der Waals surface area contributed by atoms with Crippen molar-refractivity contribution >= 4 is 22.9 Å². The summed E-state index contributed by atoms with van der Waals surface area (Å²) in [6.45, 7) is 0.263. The summed E-state index contributed by atoms with van der Waals surface area (Å²) < 4.78 is 25.7. The van der Waals surface area contributed by atoms with Gasteiger partial charge >= 0.3 is 0 Å². The highest BCUT2D eigenvalue weighted by Gasteiger charge is 2.57. The Hall–Kier alpha value is -0.190. The van der Waals surface area contributed by atoms with Crippen LogP contribution in [0.5, 0.6) is 0 Å². The molecule has 0 atom stereocenters. The van der Waals surface area contributed by atoms with E-state index in [4.69, 9.17) is 17.3 Å². The van der Waals surface area contributed by atoms with Gasteiger partial charge < -0.3 is 5.73 Å². The van der Waals surface area contributed by atoms with Gasteiger partial charge in [-0.2, -0.15) is 0 Å². The van der Waals surface area contributed by atoms with Crippen molar-refractivity contribution in [3.63, 3.8) is 0 Å². The molecule has 1 aliphatic carbocycles. The summed E-state index contributed by atoms with van der Waals surface area (Å²) in [5.74, 6) is -2.55. The largest absolute Gasteiger partial charge is 0.330 e. The van der Waals surface area contributed by atoms with Gasteiger partial charge in [-0.3, -0.25) is 0 Å². The van der Waals surface area contributed by atoms with Gasteiger partial charge in [0.05, 0.1) is 5.02 Å². The molecule has 0 bridgehead atoms. The zero-order chi connectivity index (χ0) is 10.4. The van der Waals surface area contributed by atoms with Crippen molar-refractivity contribution in [2.45, 2.75) is 24.2 Å². The van der Waals surface area contributed by atoms with Crippen LogP contribution in [-0.2, 0) is 5.41 Å². The third-order valence-corrected chi connectivity index (χ3v) is 4.20. The molecule has 0 unspecified atom stereocenters. The number of alkyl halides is 2.